The summed E-state index contributed by atoms with van der Waals surface area (Å²) in [6.07, 6.45) is 0.715. The van der Waals surface area contributed by atoms with Crippen LogP contribution in [0.1, 0.15) is 31.9 Å². The summed E-state index contributed by atoms with van der Waals surface area (Å²) in [7, 11) is 0. The van der Waals surface area contributed by atoms with E-state index >= 15 is 0 Å². The van der Waals surface area contributed by atoms with Crippen LogP contribution in [0.3, 0.4) is 0 Å². The second-order valence-corrected chi connectivity index (χ2v) is 5.95. The van der Waals surface area contributed by atoms with E-state index in [1.165, 1.54) is 6.21 Å². The average Bonchev–Trinajstić information content (AvgIpc) is 2.22. The number of aromatic hydroxyl groups is 1. The lowest BCUT2D eigenvalue weighted by atomic mass is 10.1. The van der Waals surface area contributed by atoms with Crippen molar-refractivity contribution >= 4 is 28.2 Å². The van der Waals surface area contributed by atoms with Crippen LogP contribution in [0.15, 0.2) is 21.7 Å². The molecule has 0 heterocycles. The summed E-state index contributed by atoms with van der Waals surface area (Å²) in [6.45, 7) is 7.07. The summed E-state index contributed by atoms with van der Waals surface area (Å²) in [5.74, 6) is 0.123. The van der Waals surface area contributed by atoms with Crippen molar-refractivity contribution in [1.29, 1.82) is 0 Å². The lowest BCUT2D eigenvalue weighted by Gasteiger charge is -2.18. The van der Waals surface area contributed by atoms with Crippen molar-refractivity contribution in [3.63, 3.8) is 0 Å². The molecule has 0 radical (unpaired) electrons. The number of hydrazone groups is 1. The highest BCUT2D eigenvalue weighted by molar-refractivity contribution is 9.10. The number of carbonyl (C=O) groups is 1. The van der Waals surface area contributed by atoms with Gasteiger partial charge in [0.2, 0.25) is 0 Å². The fraction of sp³-hybridized carbons (Fsp3) is 0.385. The zero-order valence-corrected chi connectivity index (χ0v) is 12.9. The van der Waals surface area contributed by atoms with Crippen LogP contribution >= 0.6 is 15.9 Å². The molecule has 5 nitrogen and oxygen atoms in total. The number of nitrogens with zero attached hydrogens (tertiary/aromatic N) is 1. The molecule has 0 aromatic heterocycles. The van der Waals surface area contributed by atoms with E-state index in [0.717, 1.165) is 4.47 Å². The number of nitrogens with one attached hydrogen (secondary N) is 1. The van der Waals surface area contributed by atoms with Crippen LogP contribution in [0.4, 0.5) is 4.79 Å². The molecule has 104 valence electrons. The van der Waals surface area contributed by atoms with Gasteiger partial charge in [-0.05, 0) is 45.4 Å². The molecule has 0 saturated heterocycles. The van der Waals surface area contributed by atoms with Crippen molar-refractivity contribution in [3.05, 3.63) is 27.7 Å². The van der Waals surface area contributed by atoms with Crippen molar-refractivity contribution in [2.75, 3.05) is 0 Å². The molecule has 1 amide bonds. The second kappa shape index (κ2) is 6.06. The Labute approximate surface area is 120 Å². The number of ether oxygens (including phenoxy) is 1. The largest absolute Gasteiger partial charge is 0.507 e. The van der Waals surface area contributed by atoms with Gasteiger partial charge >= 0.3 is 6.09 Å². The number of carbonyl (C=O) groups excluding carboxylic acids is 1. The van der Waals surface area contributed by atoms with Gasteiger partial charge in [-0.2, -0.15) is 5.10 Å². The second-order valence-electron chi connectivity index (χ2n) is 5.03. The molecule has 0 aliphatic heterocycles. The van der Waals surface area contributed by atoms with Crippen LogP contribution in [0.25, 0.3) is 0 Å². The number of phenols is 1. The first-order chi connectivity index (χ1) is 8.69. The molecule has 0 aliphatic carbocycles. The highest BCUT2D eigenvalue weighted by Gasteiger charge is 2.15. The zero-order chi connectivity index (χ0) is 14.6. The monoisotopic (exact) mass is 328 g/mol. The van der Waals surface area contributed by atoms with E-state index < -0.39 is 11.7 Å². The molecule has 2 N–H and O–H groups in total. The van der Waals surface area contributed by atoms with E-state index in [-0.39, 0.29) is 5.75 Å². The minimum Gasteiger partial charge on any atom is -0.507 e. The molecular formula is C13H17BrN2O3. The molecule has 6 heteroatoms. The molecule has 0 atom stereocenters. The predicted molar refractivity (Wildman–Crippen MR) is 77.5 cm³/mol. The van der Waals surface area contributed by atoms with Crippen LogP contribution in [0.2, 0.25) is 0 Å². The Morgan fingerprint density at radius 3 is 2.68 bits per heavy atom. The zero-order valence-electron chi connectivity index (χ0n) is 11.3. The van der Waals surface area contributed by atoms with Crippen molar-refractivity contribution in [2.24, 2.45) is 5.10 Å². The average molecular weight is 329 g/mol. The number of halogens is 1. The highest BCUT2D eigenvalue weighted by Crippen LogP contribution is 2.25. The number of rotatable bonds is 2. The van der Waals surface area contributed by atoms with Gasteiger partial charge < -0.3 is 9.84 Å². The van der Waals surface area contributed by atoms with Crippen LogP contribution in [0, 0.1) is 6.92 Å². The molecule has 1 rings (SSSR count). The number of aryl methyl sites for hydroxylation is 1. The number of hydrogen-bond acceptors (Lipinski definition) is 4. The Bertz CT molecular complexity index is 507. The van der Waals surface area contributed by atoms with Crippen molar-refractivity contribution in [1.82, 2.24) is 5.43 Å². The topological polar surface area (TPSA) is 70.9 Å². The van der Waals surface area contributed by atoms with E-state index in [1.807, 2.05) is 0 Å². The molecule has 0 aliphatic rings. The number of hydrogen-bond donors (Lipinski definition) is 2. The molecule has 1 aromatic rings. The number of amides is 1. The van der Waals surface area contributed by atoms with Gasteiger partial charge in [-0.3, -0.25) is 0 Å². The van der Waals surface area contributed by atoms with Gasteiger partial charge in [0.05, 0.1) is 6.21 Å². The van der Waals surface area contributed by atoms with Crippen LogP contribution in [-0.4, -0.2) is 23.0 Å². The Morgan fingerprint density at radius 2 is 2.11 bits per heavy atom. The Hall–Kier alpha value is -1.56. The van der Waals surface area contributed by atoms with Gasteiger partial charge in [0.1, 0.15) is 11.4 Å². The normalized spacial score (nSPS) is 11.6. The van der Waals surface area contributed by atoms with Gasteiger partial charge in [0.15, 0.2) is 0 Å². The van der Waals surface area contributed by atoms with E-state index in [2.05, 4.69) is 26.5 Å². The summed E-state index contributed by atoms with van der Waals surface area (Å²) in [5.41, 5.74) is 2.88. The fourth-order valence-corrected chi connectivity index (χ4v) is 1.91. The van der Waals surface area contributed by atoms with Crippen LogP contribution in [-0.2, 0) is 4.74 Å². The third-order valence-corrected chi connectivity index (χ3v) is 2.51. The Kier molecular flexibility index (Phi) is 4.94. The van der Waals surface area contributed by atoms with Crippen molar-refractivity contribution in [2.45, 2.75) is 33.3 Å². The van der Waals surface area contributed by atoms with Gasteiger partial charge in [0.25, 0.3) is 0 Å². The molecule has 1 aromatic carbocycles. The number of phenolic OH excluding ortho intramolecular Hbond substituents is 1. The maximum absolute atomic E-state index is 11.3. The van der Waals surface area contributed by atoms with Crippen molar-refractivity contribution in [3.8, 4) is 5.75 Å². The number of benzene rings is 1. The van der Waals surface area contributed by atoms with E-state index in [9.17, 15) is 9.90 Å². The molecule has 0 spiro atoms. The van der Waals surface area contributed by atoms with Gasteiger partial charge in [0, 0.05) is 10.0 Å². The lowest BCUT2D eigenvalue weighted by molar-refractivity contribution is 0.0529. The molecule has 0 unspecified atom stereocenters. The fourth-order valence-electron chi connectivity index (χ4n) is 1.32. The van der Waals surface area contributed by atoms with Crippen LogP contribution in [0.5, 0.6) is 5.75 Å². The molecule has 0 bridgehead atoms. The van der Waals surface area contributed by atoms with E-state index in [4.69, 9.17) is 4.74 Å². The molecule has 19 heavy (non-hydrogen) atoms. The first-order valence-corrected chi connectivity index (χ1v) is 6.49. The minimum atomic E-state index is -0.644. The SMILES string of the molecule is Cc1cc(Br)cc(/C=N/NC(=O)OC(C)(C)C)c1O. The third-order valence-electron chi connectivity index (χ3n) is 2.05. The summed E-state index contributed by atoms with van der Waals surface area (Å²) in [6, 6.07) is 3.48. The smallest absolute Gasteiger partial charge is 0.428 e. The van der Waals surface area contributed by atoms with Crippen LogP contribution < -0.4 is 5.43 Å². The summed E-state index contributed by atoms with van der Waals surface area (Å²) >= 11 is 3.32. The summed E-state index contributed by atoms with van der Waals surface area (Å²) in [5, 5.41) is 13.6. The molecular weight excluding hydrogens is 312 g/mol. The first-order valence-electron chi connectivity index (χ1n) is 5.70. The van der Waals surface area contributed by atoms with E-state index in [1.54, 1.807) is 39.8 Å². The quantitative estimate of drug-likeness (QED) is 0.646. The molecule has 0 fully saturated rings. The maximum atomic E-state index is 11.3. The van der Waals surface area contributed by atoms with Gasteiger partial charge in [-0.25, -0.2) is 10.2 Å². The maximum Gasteiger partial charge on any atom is 0.428 e. The summed E-state index contributed by atoms with van der Waals surface area (Å²) in [4.78, 5) is 11.3. The standard InChI is InChI=1S/C13H17BrN2O3/c1-8-5-10(14)6-9(11(8)17)7-15-16-12(18)19-13(2,3)4/h5-7,17H,1-4H3,(H,16,18)/b15-7+. The highest BCUT2D eigenvalue weighted by atomic mass is 79.9. The lowest BCUT2D eigenvalue weighted by Crippen LogP contribution is -2.29. The third kappa shape index (κ3) is 5.30. The van der Waals surface area contributed by atoms with Crippen molar-refractivity contribution < 1.29 is 14.6 Å². The van der Waals surface area contributed by atoms with Gasteiger partial charge in [-0.1, -0.05) is 15.9 Å². The Morgan fingerprint density at radius 1 is 1.47 bits per heavy atom. The minimum absolute atomic E-state index is 0.123. The van der Waals surface area contributed by atoms with Gasteiger partial charge in [-0.15, -0.1) is 0 Å². The molecule has 0 saturated carbocycles. The summed E-state index contributed by atoms with van der Waals surface area (Å²) < 4.78 is 5.84. The predicted octanol–water partition coefficient (Wildman–Crippen LogP) is 3.32. The Balaban J connectivity index is 2.71. The van der Waals surface area contributed by atoms with E-state index in [0.29, 0.717) is 11.1 Å². The first kappa shape index (κ1) is 15.5.